The van der Waals surface area contributed by atoms with E-state index in [2.05, 4.69) is 5.32 Å². The lowest BCUT2D eigenvalue weighted by atomic mass is 10.1. The molecule has 7 nitrogen and oxygen atoms in total. The Hall–Kier alpha value is -2.85. The largest absolute Gasteiger partial charge is 0.508 e. The number of hydrogen-bond acceptors (Lipinski definition) is 5. The SMILES string of the molecule is CC(=O)N(/C=C(/C#N)C(=O)NCCc1ccc(O)cc1)CCN. The predicted molar refractivity (Wildman–Crippen MR) is 85.0 cm³/mol. The molecule has 1 aromatic carbocycles. The number of carbonyl (C=O) groups is 2. The van der Waals surface area contributed by atoms with Crippen molar-refractivity contribution in [3.8, 4) is 11.8 Å². The number of hydrogen-bond donors (Lipinski definition) is 3. The Bertz CT molecular complexity index is 617. The van der Waals surface area contributed by atoms with Gasteiger partial charge in [-0.05, 0) is 24.1 Å². The first kappa shape index (κ1) is 18.2. The molecule has 0 aliphatic rings. The number of phenols is 1. The molecule has 0 heterocycles. The van der Waals surface area contributed by atoms with Crippen LogP contribution in [0.1, 0.15) is 12.5 Å². The van der Waals surface area contributed by atoms with Crippen molar-refractivity contribution in [3.63, 3.8) is 0 Å². The third-order valence-electron chi connectivity index (χ3n) is 3.06. The predicted octanol–water partition coefficient (Wildman–Crippen LogP) is 0.266. The lowest BCUT2D eigenvalue weighted by Crippen LogP contribution is -2.32. The molecule has 0 unspecified atom stereocenters. The minimum Gasteiger partial charge on any atom is -0.508 e. The molecule has 0 saturated heterocycles. The van der Waals surface area contributed by atoms with Crippen LogP contribution in [0.25, 0.3) is 0 Å². The fourth-order valence-corrected chi connectivity index (χ4v) is 1.82. The van der Waals surface area contributed by atoms with E-state index in [1.54, 1.807) is 30.3 Å². The highest BCUT2D eigenvalue weighted by molar-refractivity contribution is 5.97. The first-order valence-electron chi connectivity index (χ1n) is 7.13. The molecule has 0 atom stereocenters. The van der Waals surface area contributed by atoms with E-state index in [0.717, 1.165) is 5.56 Å². The molecule has 0 fully saturated rings. The van der Waals surface area contributed by atoms with Gasteiger partial charge in [0, 0.05) is 32.8 Å². The Morgan fingerprint density at radius 2 is 2.04 bits per heavy atom. The maximum Gasteiger partial charge on any atom is 0.263 e. The standard InChI is InChI=1S/C16H20N4O3/c1-12(21)20(9-7-17)11-14(10-18)16(23)19-8-6-13-2-4-15(22)5-3-13/h2-5,11,22H,6-9,17H2,1H3,(H,19,23)/b14-11-. The molecular weight excluding hydrogens is 296 g/mol. The van der Waals surface area contributed by atoms with Crippen LogP contribution in [0.15, 0.2) is 36.0 Å². The number of nitrogens with zero attached hydrogens (tertiary/aromatic N) is 2. The molecule has 4 N–H and O–H groups in total. The Morgan fingerprint density at radius 3 is 2.57 bits per heavy atom. The number of rotatable bonds is 7. The number of nitriles is 1. The molecule has 0 bridgehead atoms. The molecule has 122 valence electrons. The third kappa shape index (κ3) is 6.20. The molecule has 1 aromatic rings. The quantitative estimate of drug-likeness (QED) is 0.492. The number of carbonyl (C=O) groups excluding carboxylic acids is 2. The van der Waals surface area contributed by atoms with Gasteiger partial charge >= 0.3 is 0 Å². The van der Waals surface area contributed by atoms with Gasteiger partial charge in [-0.2, -0.15) is 5.26 Å². The Labute approximate surface area is 135 Å². The molecule has 0 saturated carbocycles. The molecule has 0 aliphatic carbocycles. The maximum absolute atomic E-state index is 12.0. The zero-order chi connectivity index (χ0) is 17.2. The van der Waals surface area contributed by atoms with Gasteiger partial charge < -0.3 is 21.1 Å². The normalized spacial score (nSPS) is 10.7. The maximum atomic E-state index is 12.0. The second kappa shape index (κ2) is 9.23. The van der Waals surface area contributed by atoms with Crippen LogP contribution < -0.4 is 11.1 Å². The summed E-state index contributed by atoms with van der Waals surface area (Å²) in [4.78, 5) is 24.6. The Kier molecular flexibility index (Phi) is 7.30. The van der Waals surface area contributed by atoms with Crippen LogP contribution in [0, 0.1) is 11.3 Å². The van der Waals surface area contributed by atoms with E-state index in [-0.39, 0.29) is 30.3 Å². The van der Waals surface area contributed by atoms with Gasteiger partial charge in [0.05, 0.1) is 0 Å². The molecular formula is C16H20N4O3. The molecule has 0 radical (unpaired) electrons. The van der Waals surface area contributed by atoms with Gasteiger partial charge in [-0.3, -0.25) is 9.59 Å². The smallest absolute Gasteiger partial charge is 0.263 e. The van der Waals surface area contributed by atoms with Crippen LogP contribution in [-0.2, 0) is 16.0 Å². The van der Waals surface area contributed by atoms with Crippen molar-refractivity contribution >= 4 is 11.8 Å². The fraction of sp³-hybridized carbons (Fsp3) is 0.312. The van der Waals surface area contributed by atoms with E-state index in [1.165, 1.54) is 18.0 Å². The van der Waals surface area contributed by atoms with Gasteiger partial charge in [0.1, 0.15) is 17.4 Å². The summed E-state index contributed by atoms with van der Waals surface area (Å²) in [5.74, 6) is -0.661. The number of amides is 2. The lowest BCUT2D eigenvalue weighted by molar-refractivity contribution is -0.126. The third-order valence-corrected chi connectivity index (χ3v) is 3.06. The van der Waals surface area contributed by atoms with Crippen LogP contribution in [0.2, 0.25) is 0 Å². The number of phenolic OH excluding ortho intramolecular Hbond substituents is 1. The summed E-state index contributed by atoms with van der Waals surface area (Å²) in [6, 6.07) is 8.42. The molecule has 0 aliphatic heterocycles. The second-order valence-corrected chi connectivity index (χ2v) is 4.83. The van der Waals surface area contributed by atoms with Gasteiger partial charge in [0.25, 0.3) is 5.91 Å². The van der Waals surface area contributed by atoms with Crippen molar-refractivity contribution in [1.82, 2.24) is 10.2 Å². The summed E-state index contributed by atoms with van der Waals surface area (Å²) in [5.41, 5.74) is 6.18. The second-order valence-electron chi connectivity index (χ2n) is 4.83. The van der Waals surface area contributed by atoms with Gasteiger partial charge in [-0.25, -0.2) is 0 Å². The highest BCUT2D eigenvalue weighted by Gasteiger charge is 2.12. The molecule has 2 amide bonds. The summed E-state index contributed by atoms with van der Waals surface area (Å²) >= 11 is 0. The van der Waals surface area contributed by atoms with Gasteiger partial charge in [0.15, 0.2) is 0 Å². The van der Waals surface area contributed by atoms with Crippen LogP contribution in [0.3, 0.4) is 0 Å². The first-order chi connectivity index (χ1) is 11.0. The summed E-state index contributed by atoms with van der Waals surface area (Å²) in [6.07, 6.45) is 1.77. The first-order valence-corrected chi connectivity index (χ1v) is 7.13. The molecule has 23 heavy (non-hydrogen) atoms. The van der Waals surface area contributed by atoms with Gasteiger partial charge in [0.2, 0.25) is 5.91 Å². The van der Waals surface area contributed by atoms with Crippen LogP contribution in [-0.4, -0.2) is 41.5 Å². The monoisotopic (exact) mass is 316 g/mol. The van der Waals surface area contributed by atoms with Crippen molar-refractivity contribution in [2.75, 3.05) is 19.6 Å². The van der Waals surface area contributed by atoms with E-state index in [1.807, 2.05) is 0 Å². The van der Waals surface area contributed by atoms with E-state index < -0.39 is 5.91 Å². The average Bonchev–Trinajstić information content (AvgIpc) is 2.53. The number of aromatic hydroxyl groups is 1. The molecule has 1 rings (SSSR count). The highest BCUT2D eigenvalue weighted by Crippen LogP contribution is 2.09. The fourth-order valence-electron chi connectivity index (χ4n) is 1.82. The zero-order valence-electron chi connectivity index (χ0n) is 13.0. The summed E-state index contributed by atoms with van der Waals surface area (Å²) in [5, 5.41) is 20.9. The number of nitrogens with two attached hydrogens (primary N) is 1. The molecule has 0 spiro atoms. The summed E-state index contributed by atoms with van der Waals surface area (Å²) in [7, 11) is 0. The minimum atomic E-state index is -0.547. The van der Waals surface area contributed by atoms with E-state index in [9.17, 15) is 14.7 Å². The highest BCUT2D eigenvalue weighted by atomic mass is 16.3. The number of nitrogens with one attached hydrogen (secondary N) is 1. The van der Waals surface area contributed by atoms with E-state index in [4.69, 9.17) is 11.0 Å². The van der Waals surface area contributed by atoms with Crippen molar-refractivity contribution in [1.29, 1.82) is 5.26 Å². The summed E-state index contributed by atoms with van der Waals surface area (Å²) < 4.78 is 0. The average molecular weight is 316 g/mol. The van der Waals surface area contributed by atoms with Crippen LogP contribution in [0.4, 0.5) is 0 Å². The van der Waals surface area contributed by atoms with Crippen LogP contribution in [0.5, 0.6) is 5.75 Å². The van der Waals surface area contributed by atoms with Gasteiger partial charge in [-0.15, -0.1) is 0 Å². The molecule has 0 aromatic heterocycles. The van der Waals surface area contributed by atoms with Crippen molar-refractivity contribution in [3.05, 3.63) is 41.6 Å². The topological polar surface area (TPSA) is 119 Å². The minimum absolute atomic E-state index is 0.153. The van der Waals surface area contributed by atoms with E-state index in [0.29, 0.717) is 13.0 Å². The summed E-state index contributed by atoms with van der Waals surface area (Å²) in [6.45, 7) is 2.14. The van der Waals surface area contributed by atoms with Crippen molar-refractivity contribution in [2.45, 2.75) is 13.3 Å². The van der Waals surface area contributed by atoms with Crippen LogP contribution >= 0.6 is 0 Å². The number of benzene rings is 1. The Morgan fingerprint density at radius 1 is 1.39 bits per heavy atom. The zero-order valence-corrected chi connectivity index (χ0v) is 13.0. The van der Waals surface area contributed by atoms with Crippen molar-refractivity contribution in [2.24, 2.45) is 5.73 Å². The van der Waals surface area contributed by atoms with Crippen molar-refractivity contribution < 1.29 is 14.7 Å². The van der Waals surface area contributed by atoms with E-state index >= 15 is 0 Å². The van der Waals surface area contributed by atoms with Gasteiger partial charge in [-0.1, -0.05) is 12.1 Å². The Balaban J connectivity index is 2.61. The lowest BCUT2D eigenvalue weighted by Gasteiger charge is -2.15. The molecule has 7 heteroatoms.